The van der Waals surface area contributed by atoms with Gasteiger partial charge in [-0.3, -0.25) is 4.79 Å². The van der Waals surface area contributed by atoms with Crippen LogP contribution in [-0.2, 0) is 4.74 Å². The molecule has 0 saturated carbocycles. The molecule has 5 nitrogen and oxygen atoms in total. The molecule has 0 unspecified atom stereocenters. The predicted octanol–water partition coefficient (Wildman–Crippen LogP) is 3.48. The topological polar surface area (TPSA) is 54.5 Å². The molecule has 120 valence electrons. The zero-order valence-electron chi connectivity index (χ0n) is 12.3. The molecule has 3 rings (SSSR count). The monoisotopic (exact) mass is 351 g/mol. The molecular weight excluding hydrogens is 337 g/mol. The second-order valence-corrected chi connectivity index (χ2v) is 5.85. The van der Waals surface area contributed by atoms with Crippen LogP contribution in [-0.4, -0.2) is 37.2 Å². The summed E-state index contributed by atoms with van der Waals surface area (Å²) in [6, 6.07) is 8.66. The van der Waals surface area contributed by atoms with Gasteiger partial charge in [0.05, 0.1) is 35.2 Å². The Balaban J connectivity index is 1.86. The number of rotatable bonds is 3. The van der Waals surface area contributed by atoms with Gasteiger partial charge in [0, 0.05) is 19.3 Å². The Morgan fingerprint density at radius 3 is 2.65 bits per heavy atom. The molecule has 0 aliphatic carbocycles. The van der Waals surface area contributed by atoms with Crippen LogP contribution >= 0.6 is 23.2 Å². The number of ether oxygens (including phenoxy) is 1. The van der Waals surface area contributed by atoms with Crippen LogP contribution in [0.3, 0.4) is 0 Å². The van der Waals surface area contributed by atoms with Crippen LogP contribution in [0.2, 0.25) is 10.2 Å². The molecular formula is C16H15Cl2N3O2. The number of carbonyl (C=O) groups is 1. The van der Waals surface area contributed by atoms with Gasteiger partial charge in [0.1, 0.15) is 5.15 Å². The number of pyridine rings is 1. The van der Waals surface area contributed by atoms with Crippen molar-refractivity contribution in [3.8, 4) is 0 Å². The van der Waals surface area contributed by atoms with Crippen LogP contribution in [0.15, 0.2) is 36.5 Å². The van der Waals surface area contributed by atoms with Crippen LogP contribution in [0, 0.1) is 0 Å². The number of carbonyl (C=O) groups excluding carboxylic acids is 1. The smallest absolute Gasteiger partial charge is 0.257 e. The number of nitrogens with zero attached hydrogens (tertiary/aromatic N) is 2. The number of hydrogen-bond donors (Lipinski definition) is 1. The first kappa shape index (κ1) is 16.1. The molecule has 1 aliphatic rings. The standard InChI is InChI=1S/C16H15Cl2N3O2/c17-12-2-1-3-13(15(12)21-6-8-23-9-7-21)20-16(22)11-4-5-14(18)19-10-11/h1-5,10H,6-9H2,(H,20,22). The first-order valence-electron chi connectivity index (χ1n) is 7.19. The van der Waals surface area contributed by atoms with Crippen molar-refractivity contribution in [2.45, 2.75) is 0 Å². The summed E-state index contributed by atoms with van der Waals surface area (Å²) in [6.45, 7) is 2.74. The second-order valence-electron chi connectivity index (χ2n) is 5.06. The summed E-state index contributed by atoms with van der Waals surface area (Å²) >= 11 is 12.1. The number of nitrogens with one attached hydrogen (secondary N) is 1. The molecule has 0 radical (unpaired) electrons. The van der Waals surface area contributed by atoms with E-state index in [0.717, 1.165) is 18.8 Å². The van der Waals surface area contributed by atoms with E-state index in [9.17, 15) is 4.79 Å². The van der Waals surface area contributed by atoms with Gasteiger partial charge in [-0.15, -0.1) is 0 Å². The summed E-state index contributed by atoms with van der Waals surface area (Å²) in [7, 11) is 0. The van der Waals surface area contributed by atoms with Gasteiger partial charge in [0.25, 0.3) is 5.91 Å². The Hall–Kier alpha value is -1.82. The van der Waals surface area contributed by atoms with Gasteiger partial charge in [-0.2, -0.15) is 0 Å². The van der Waals surface area contributed by atoms with Crippen molar-refractivity contribution >= 4 is 40.5 Å². The molecule has 1 fully saturated rings. The summed E-state index contributed by atoms with van der Waals surface area (Å²) in [6.07, 6.45) is 1.44. The fourth-order valence-corrected chi connectivity index (χ4v) is 2.84. The molecule has 2 heterocycles. The maximum Gasteiger partial charge on any atom is 0.257 e. The van der Waals surface area contributed by atoms with Gasteiger partial charge in [0.2, 0.25) is 0 Å². The number of hydrogen-bond acceptors (Lipinski definition) is 4. The molecule has 1 aromatic carbocycles. The summed E-state index contributed by atoms with van der Waals surface area (Å²) < 4.78 is 5.37. The van der Waals surface area contributed by atoms with Crippen molar-refractivity contribution in [2.24, 2.45) is 0 Å². The third kappa shape index (κ3) is 3.75. The molecule has 0 spiro atoms. The minimum absolute atomic E-state index is 0.258. The predicted molar refractivity (Wildman–Crippen MR) is 91.7 cm³/mol. The Labute approximate surface area is 144 Å². The van der Waals surface area contributed by atoms with Crippen molar-refractivity contribution in [1.29, 1.82) is 0 Å². The van der Waals surface area contributed by atoms with Gasteiger partial charge in [0.15, 0.2) is 0 Å². The highest BCUT2D eigenvalue weighted by atomic mass is 35.5. The highest BCUT2D eigenvalue weighted by Crippen LogP contribution is 2.34. The highest BCUT2D eigenvalue weighted by Gasteiger charge is 2.19. The number of anilines is 2. The quantitative estimate of drug-likeness (QED) is 0.860. The van der Waals surface area contributed by atoms with Crippen LogP contribution in [0.1, 0.15) is 10.4 Å². The minimum atomic E-state index is -0.258. The number of aromatic nitrogens is 1. The summed E-state index contributed by atoms with van der Waals surface area (Å²) in [5.41, 5.74) is 1.91. The lowest BCUT2D eigenvalue weighted by molar-refractivity contribution is 0.102. The number of benzene rings is 1. The van der Waals surface area contributed by atoms with E-state index < -0.39 is 0 Å². The molecule has 1 amide bonds. The summed E-state index contributed by atoms with van der Waals surface area (Å²) in [5, 5.41) is 3.84. The Bertz CT molecular complexity index is 701. The lowest BCUT2D eigenvalue weighted by atomic mass is 10.2. The second kappa shape index (κ2) is 7.17. The maximum absolute atomic E-state index is 12.4. The summed E-state index contributed by atoms with van der Waals surface area (Å²) in [4.78, 5) is 18.4. The van der Waals surface area contributed by atoms with Gasteiger partial charge in [-0.1, -0.05) is 29.3 Å². The largest absolute Gasteiger partial charge is 0.378 e. The Morgan fingerprint density at radius 2 is 1.96 bits per heavy atom. The highest BCUT2D eigenvalue weighted by molar-refractivity contribution is 6.34. The van der Waals surface area contributed by atoms with E-state index in [4.69, 9.17) is 27.9 Å². The first-order valence-corrected chi connectivity index (χ1v) is 7.95. The van der Waals surface area contributed by atoms with E-state index in [1.807, 2.05) is 18.2 Å². The lowest BCUT2D eigenvalue weighted by Gasteiger charge is -2.31. The Kier molecular flexibility index (Phi) is 5.00. The number of halogens is 2. The molecule has 0 bridgehead atoms. The zero-order valence-corrected chi connectivity index (χ0v) is 13.8. The normalized spacial score (nSPS) is 14.6. The van der Waals surface area contributed by atoms with Gasteiger partial charge in [-0.05, 0) is 24.3 Å². The van der Waals surface area contributed by atoms with Gasteiger partial charge < -0.3 is 15.0 Å². The molecule has 1 N–H and O–H groups in total. The molecule has 2 aromatic rings. The third-order valence-electron chi connectivity index (χ3n) is 3.55. The van der Waals surface area contributed by atoms with E-state index in [0.29, 0.717) is 34.6 Å². The molecule has 1 aromatic heterocycles. The average molecular weight is 352 g/mol. The van der Waals surface area contributed by atoms with E-state index in [-0.39, 0.29) is 5.91 Å². The number of para-hydroxylation sites is 1. The van der Waals surface area contributed by atoms with Crippen molar-refractivity contribution in [1.82, 2.24) is 4.98 Å². The van der Waals surface area contributed by atoms with Gasteiger partial charge >= 0.3 is 0 Å². The van der Waals surface area contributed by atoms with Crippen LogP contribution in [0.25, 0.3) is 0 Å². The van der Waals surface area contributed by atoms with Crippen molar-refractivity contribution in [2.75, 3.05) is 36.5 Å². The SMILES string of the molecule is O=C(Nc1cccc(Cl)c1N1CCOCC1)c1ccc(Cl)nc1. The fraction of sp³-hybridized carbons (Fsp3) is 0.250. The van der Waals surface area contributed by atoms with Crippen LogP contribution in [0.5, 0.6) is 0 Å². The van der Waals surface area contributed by atoms with E-state index in [1.165, 1.54) is 6.20 Å². The third-order valence-corrected chi connectivity index (χ3v) is 4.08. The molecule has 1 aliphatic heterocycles. The molecule has 7 heteroatoms. The van der Waals surface area contributed by atoms with E-state index in [1.54, 1.807) is 12.1 Å². The first-order chi connectivity index (χ1) is 11.1. The van der Waals surface area contributed by atoms with Crippen molar-refractivity contribution in [3.05, 3.63) is 52.3 Å². The zero-order chi connectivity index (χ0) is 16.2. The minimum Gasteiger partial charge on any atom is -0.378 e. The number of morpholine rings is 1. The average Bonchev–Trinajstić information content (AvgIpc) is 2.56. The van der Waals surface area contributed by atoms with Crippen LogP contribution < -0.4 is 10.2 Å². The molecule has 0 atom stereocenters. The lowest BCUT2D eigenvalue weighted by Crippen LogP contribution is -2.37. The molecule has 23 heavy (non-hydrogen) atoms. The Morgan fingerprint density at radius 1 is 1.17 bits per heavy atom. The maximum atomic E-state index is 12.4. The van der Waals surface area contributed by atoms with Gasteiger partial charge in [-0.25, -0.2) is 4.98 Å². The van der Waals surface area contributed by atoms with E-state index in [2.05, 4.69) is 15.2 Å². The van der Waals surface area contributed by atoms with Crippen molar-refractivity contribution in [3.63, 3.8) is 0 Å². The van der Waals surface area contributed by atoms with E-state index >= 15 is 0 Å². The van der Waals surface area contributed by atoms with Crippen molar-refractivity contribution < 1.29 is 9.53 Å². The summed E-state index contributed by atoms with van der Waals surface area (Å²) in [5.74, 6) is -0.258. The van der Waals surface area contributed by atoms with Crippen LogP contribution in [0.4, 0.5) is 11.4 Å². The molecule has 1 saturated heterocycles. The fourth-order valence-electron chi connectivity index (χ4n) is 2.43. The number of amides is 1.